The van der Waals surface area contributed by atoms with Crippen LogP contribution in [0.25, 0.3) is 0 Å². The number of hydrogen-bond acceptors (Lipinski definition) is 4. The van der Waals surface area contributed by atoms with Gasteiger partial charge in [0.25, 0.3) is 5.91 Å². The molecule has 0 saturated carbocycles. The summed E-state index contributed by atoms with van der Waals surface area (Å²) in [5, 5.41) is 6.88. The first-order valence-corrected chi connectivity index (χ1v) is 12.0. The van der Waals surface area contributed by atoms with Crippen molar-refractivity contribution in [3.63, 3.8) is 0 Å². The molecule has 3 heterocycles. The predicted octanol–water partition coefficient (Wildman–Crippen LogP) is 5.29. The van der Waals surface area contributed by atoms with Gasteiger partial charge in [-0.1, -0.05) is 54.1 Å². The number of hydrogen-bond donors (Lipinski definition) is 1. The van der Waals surface area contributed by atoms with Crippen LogP contribution in [0, 0.1) is 5.82 Å². The zero-order chi connectivity index (χ0) is 25.4. The molecule has 1 saturated heterocycles. The van der Waals surface area contributed by atoms with Crippen LogP contribution in [0.5, 0.6) is 0 Å². The molecule has 190 valence electrons. The summed E-state index contributed by atoms with van der Waals surface area (Å²) in [6.45, 7) is 2.84. The van der Waals surface area contributed by atoms with Crippen molar-refractivity contribution >= 4 is 23.3 Å². The number of anilines is 1. The van der Waals surface area contributed by atoms with Gasteiger partial charge in [-0.25, -0.2) is 9.07 Å². The fraction of sp³-hybridized carbons (Fsp3) is 0.360. The van der Waals surface area contributed by atoms with Gasteiger partial charge in [0.2, 0.25) is 0 Å². The van der Waals surface area contributed by atoms with E-state index in [4.69, 9.17) is 11.6 Å². The number of alkyl halides is 3. The molecular weight excluding hydrogens is 498 g/mol. The molecule has 1 amide bonds. The molecular formula is C25H24ClF4N5O. The maximum atomic E-state index is 14.0. The van der Waals surface area contributed by atoms with Gasteiger partial charge in [0.15, 0.2) is 11.7 Å². The number of rotatable bonds is 4. The van der Waals surface area contributed by atoms with E-state index >= 15 is 0 Å². The monoisotopic (exact) mass is 521 g/mol. The third-order valence-electron chi connectivity index (χ3n) is 6.68. The van der Waals surface area contributed by atoms with Crippen LogP contribution in [0.3, 0.4) is 0 Å². The Bertz CT molecular complexity index is 1220. The molecule has 3 aromatic rings. The lowest BCUT2D eigenvalue weighted by molar-refractivity contribution is -0.173. The SMILES string of the molecule is O=C(c1nn2c(c1Cl)N[C@H](c1ccc(F)cc1)C[C@@H]2C(F)(F)F)N1CCN(Cc2ccccc2)CC1. The Morgan fingerprint density at radius 3 is 2.33 bits per heavy atom. The predicted molar refractivity (Wildman–Crippen MR) is 127 cm³/mol. The second-order valence-corrected chi connectivity index (χ2v) is 9.43. The van der Waals surface area contributed by atoms with E-state index in [1.165, 1.54) is 29.8 Å². The number of aromatic nitrogens is 2. The molecule has 1 fully saturated rings. The third kappa shape index (κ3) is 4.92. The lowest BCUT2D eigenvalue weighted by Gasteiger charge is -2.34. The molecule has 0 bridgehead atoms. The Morgan fingerprint density at radius 1 is 1.03 bits per heavy atom. The zero-order valence-corrected chi connectivity index (χ0v) is 19.9. The van der Waals surface area contributed by atoms with E-state index < -0.39 is 30.0 Å². The summed E-state index contributed by atoms with van der Waals surface area (Å²) >= 11 is 6.45. The smallest absolute Gasteiger partial charge is 0.362 e. The minimum absolute atomic E-state index is 0.0642. The van der Waals surface area contributed by atoms with Crippen molar-refractivity contribution in [2.24, 2.45) is 0 Å². The van der Waals surface area contributed by atoms with E-state index in [0.717, 1.165) is 11.2 Å². The molecule has 2 aromatic carbocycles. The maximum Gasteiger partial charge on any atom is 0.410 e. The van der Waals surface area contributed by atoms with E-state index in [1.54, 1.807) is 4.90 Å². The maximum absolute atomic E-state index is 14.0. The van der Waals surface area contributed by atoms with Crippen LogP contribution in [0.2, 0.25) is 5.02 Å². The molecule has 2 aliphatic heterocycles. The van der Waals surface area contributed by atoms with E-state index in [2.05, 4.69) is 15.3 Å². The van der Waals surface area contributed by atoms with Crippen LogP contribution < -0.4 is 5.32 Å². The van der Waals surface area contributed by atoms with Gasteiger partial charge in [0.05, 0.1) is 6.04 Å². The van der Waals surface area contributed by atoms with E-state index in [-0.39, 0.29) is 23.0 Å². The van der Waals surface area contributed by atoms with Gasteiger partial charge < -0.3 is 10.2 Å². The van der Waals surface area contributed by atoms with E-state index in [1.807, 2.05) is 30.3 Å². The Kier molecular flexibility index (Phi) is 6.65. The number of nitrogens with one attached hydrogen (secondary N) is 1. The second kappa shape index (κ2) is 9.74. The summed E-state index contributed by atoms with van der Waals surface area (Å²) in [4.78, 5) is 17.0. The van der Waals surface area contributed by atoms with Crippen LogP contribution in [-0.2, 0) is 6.54 Å². The Hall–Kier alpha value is -3.11. The highest BCUT2D eigenvalue weighted by molar-refractivity contribution is 6.36. The topological polar surface area (TPSA) is 53.4 Å². The van der Waals surface area contributed by atoms with E-state index in [9.17, 15) is 22.4 Å². The Labute approximate surface area is 210 Å². The zero-order valence-electron chi connectivity index (χ0n) is 19.2. The number of amides is 1. The number of fused-ring (bicyclic) bond motifs is 1. The van der Waals surface area contributed by atoms with Crippen molar-refractivity contribution in [1.82, 2.24) is 19.6 Å². The average Bonchev–Trinajstić information content (AvgIpc) is 3.20. The van der Waals surface area contributed by atoms with Gasteiger partial charge in [0.1, 0.15) is 16.7 Å². The summed E-state index contributed by atoms with van der Waals surface area (Å²) in [7, 11) is 0. The van der Waals surface area contributed by atoms with Crippen LogP contribution in [-0.4, -0.2) is 57.8 Å². The molecule has 0 unspecified atom stereocenters. The first kappa shape index (κ1) is 24.6. The van der Waals surface area contributed by atoms with Crippen molar-refractivity contribution in [3.05, 3.63) is 82.3 Å². The largest absolute Gasteiger partial charge is 0.410 e. The second-order valence-electron chi connectivity index (χ2n) is 9.05. The third-order valence-corrected chi connectivity index (χ3v) is 7.04. The van der Waals surface area contributed by atoms with Gasteiger partial charge in [-0.05, 0) is 23.3 Å². The van der Waals surface area contributed by atoms with Gasteiger partial charge >= 0.3 is 6.18 Å². The summed E-state index contributed by atoms with van der Waals surface area (Å²) in [5.74, 6) is -1.05. The molecule has 2 aliphatic rings. The number of carbonyl (C=O) groups is 1. The average molecular weight is 522 g/mol. The van der Waals surface area contributed by atoms with Crippen LogP contribution in [0.1, 0.15) is 40.1 Å². The number of halogens is 5. The first-order chi connectivity index (χ1) is 17.2. The summed E-state index contributed by atoms with van der Waals surface area (Å²) < 4.78 is 56.1. The molecule has 6 nitrogen and oxygen atoms in total. The molecule has 2 atom stereocenters. The van der Waals surface area contributed by atoms with Gasteiger partial charge in [0, 0.05) is 39.1 Å². The molecule has 11 heteroatoms. The molecule has 1 aromatic heterocycles. The minimum atomic E-state index is -4.62. The minimum Gasteiger partial charge on any atom is -0.362 e. The summed E-state index contributed by atoms with van der Waals surface area (Å²) in [6.07, 6.45) is -4.99. The van der Waals surface area contributed by atoms with Crippen molar-refractivity contribution in [3.8, 4) is 0 Å². The molecule has 36 heavy (non-hydrogen) atoms. The van der Waals surface area contributed by atoms with Crippen molar-refractivity contribution in [1.29, 1.82) is 0 Å². The summed E-state index contributed by atoms with van der Waals surface area (Å²) in [6, 6.07) is 12.5. The van der Waals surface area contributed by atoms with Crippen LogP contribution >= 0.6 is 11.6 Å². The summed E-state index contributed by atoms with van der Waals surface area (Å²) in [5.41, 5.74) is 1.45. The highest BCUT2D eigenvalue weighted by atomic mass is 35.5. The number of nitrogens with zero attached hydrogens (tertiary/aromatic N) is 4. The molecule has 0 radical (unpaired) electrons. The van der Waals surface area contributed by atoms with E-state index in [0.29, 0.717) is 31.7 Å². The highest BCUT2D eigenvalue weighted by Gasteiger charge is 2.48. The normalized spacial score (nSPS) is 20.6. The quantitative estimate of drug-likeness (QED) is 0.474. The lowest BCUT2D eigenvalue weighted by Crippen LogP contribution is -2.48. The van der Waals surface area contributed by atoms with Crippen LogP contribution in [0.15, 0.2) is 54.6 Å². The number of carbonyl (C=O) groups excluding carboxylic acids is 1. The molecule has 0 aliphatic carbocycles. The molecule has 0 spiro atoms. The van der Waals surface area contributed by atoms with Crippen molar-refractivity contribution < 1.29 is 22.4 Å². The Morgan fingerprint density at radius 2 is 1.69 bits per heavy atom. The fourth-order valence-corrected chi connectivity index (χ4v) is 5.00. The van der Waals surface area contributed by atoms with Gasteiger partial charge in [-0.15, -0.1) is 0 Å². The first-order valence-electron chi connectivity index (χ1n) is 11.6. The number of piperazine rings is 1. The standard InChI is InChI=1S/C25H24ClF4N5O/c26-21-22(24(36)34-12-10-33(11-13-34)15-16-4-2-1-3-5-16)32-35-20(25(28,29)30)14-19(31-23(21)35)17-6-8-18(27)9-7-17/h1-9,19-20,31H,10-15H2/t19-,20+/m0/s1. The highest BCUT2D eigenvalue weighted by Crippen LogP contribution is 2.46. The van der Waals surface area contributed by atoms with Crippen molar-refractivity contribution in [2.75, 3.05) is 31.5 Å². The Balaban J connectivity index is 1.35. The van der Waals surface area contributed by atoms with Gasteiger partial charge in [-0.2, -0.15) is 18.3 Å². The molecule has 1 N–H and O–H groups in total. The number of benzene rings is 2. The molecule has 5 rings (SSSR count). The fourth-order valence-electron chi connectivity index (χ4n) is 4.74. The van der Waals surface area contributed by atoms with Crippen LogP contribution in [0.4, 0.5) is 23.4 Å². The lowest BCUT2D eigenvalue weighted by atomic mass is 9.97. The van der Waals surface area contributed by atoms with Gasteiger partial charge in [-0.3, -0.25) is 9.69 Å². The van der Waals surface area contributed by atoms with Crippen molar-refractivity contribution in [2.45, 2.75) is 31.2 Å².